The molecule has 138 valence electrons. The molecule has 2 aromatic rings. The number of benzene rings is 1. The zero-order valence-electron chi connectivity index (χ0n) is 14.1. The van der Waals surface area contributed by atoms with Gasteiger partial charge in [-0.15, -0.1) is 0 Å². The first kappa shape index (κ1) is 20.5. The van der Waals surface area contributed by atoms with E-state index in [0.717, 1.165) is 5.69 Å². The Morgan fingerprint density at radius 2 is 1.62 bits per heavy atom. The van der Waals surface area contributed by atoms with Crippen molar-refractivity contribution in [2.45, 2.75) is 6.92 Å². The molecule has 1 heterocycles. The lowest BCUT2D eigenvalue weighted by atomic mass is 10.3. The van der Waals surface area contributed by atoms with E-state index in [2.05, 4.69) is 15.6 Å². The molecular weight excluding hydrogens is 399 g/mol. The lowest BCUT2D eigenvalue weighted by molar-refractivity contribution is -0.119. The topological polar surface area (TPSA) is 74.3 Å². The molecule has 0 fully saturated rings. The SMILES string of the molecule is Cc1cccc(NC(=O)CN(C)CC(=O)Nc2cc(Cl)c(Cl)cc2Cl)n1. The van der Waals surface area contributed by atoms with Gasteiger partial charge < -0.3 is 10.6 Å². The number of anilines is 2. The fourth-order valence-corrected chi connectivity index (χ4v) is 2.74. The number of aryl methyl sites for hydroxylation is 1. The van der Waals surface area contributed by atoms with E-state index in [1.54, 1.807) is 24.1 Å². The van der Waals surface area contributed by atoms with Crippen LogP contribution in [0, 0.1) is 6.92 Å². The molecule has 0 aliphatic rings. The fraction of sp³-hybridized carbons (Fsp3) is 0.235. The largest absolute Gasteiger partial charge is 0.324 e. The van der Waals surface area contributed by atoms with E-state index in [9.17, 15) is 9.59 Å². The van der Waals surface area contributed by atoms with Crippen LogP contribution < -0.4 is 10.6 Å². The van der Waals surface area contributed by atoms with Gasteiger partial charge in [-0.3, -0.25) is 14.5 Å². The second-order valence-electron chi connectivity index (χ2n) is 5.68. The van der Waals surface area contributed by atoms with Crippen molar-refractivity contribution >= 4 is 58.1 Å². The summed E-state index contributed by atoms with van der Waals surface area (Å²) in [5, 5.41) is 6.18. The maximum atomic E-state index is 12.1. The number of halogens is 3. The predicted octanol–water partition coefficient (Wildman–Crippen LogP) is 3.86. The number of hydrogen-bond acceptors (Lipinski definition) is 4. The van der Waals surface area contributed by atoms with Gasteiger partial charge in [-0.05, 0) is 38.2 Å². The van der Waals surface area contributed by atoms with Crippen molar-refractivity contribution in [2.24, 2.45) is 0 Å². The summed E-state index contributed by atoms with van der Waals surface area (Å²) in [6.07, 6.45) is 0. The Kier molecular flexibility index (Phi) is 7.23. The molecule has 2 N–H and O–H groups in total. The van der Waals surface area contributed by atoms with Crippen LogP contribution >= 0.6 is 34.8 Å². The van der Waals surface area contributed by atoms with Gasteiger partial charge in [-0.1, -0.05) is 40.9 Å². The first-order valence-electron chi connectivity index (χ1n) is 7.61. The van der Waals surface area contributed by atoms with Gasteiger partial charge in [0, 0.05) is 5.69 Å². The Morgan fingerprint density at radius 1 is 1.00 bits per heavy atom. The number of nitrogens with zero attached hydrogens (tertiary/aromatic N) is 2. The number of likely N-dealkylation sites (N-methyl/N-ethyl adjacent to an activating group) is 1. The lowest BCUT2D eigenvalue weighted by Gasteiger charge is -2.16. The smallest absolute Gasteiger partial charge is 0.239 e. The molecule has 0 radical (unpaired) electrons. The molecular formula is C17H17Cl3N4O2. The van der Waals surface area contributed by atoms with Crippen molar-refractivity contribution in [1.82, 2.24) is 9.88 Å². The fourth-order valence-electron chi connectivity index (χ4n) is 2.15. The highest BCUT2D eigenvalue weighted by atomic mass is 35.5. The van der Waals surface area contributed by atoms with Crippen LogP contribution in [0.3, 0.4) is 0 Å². The van der Waals surface area contributed by atoms with Gasteiger partial charge in [0.05, 0.1) is 33.8 Å². The average molecular weight is 416 g/mol. The molecule has 2 rings (SSSR count). The Balaban J connectivity index is 1.87. The number of aromatic nitrogens is 1. The number of carbonyl (C=O) groups excluding carboxylic acids is 2. The van der Waals surface area contributed by atoms with E-state index in [4.69, 9.17) is 34.8 Å². The van der Waals surface area contributed by atoms with E-state index >= 15 is 0 Å². The molecule has 26 heavy (non-hydrogen) atoms. The monoisotopic (exact) mass is 414 g/mol. The minimum absolute atomic E-state index is 0.00869. The summed E-state index contributed by atoms with van der Waals surface area (Å²) < 4.78 is 0. The standard InChI is InChI=1S/C17H17Cl3N4O2/c1-10-4-3-5-15(21-10)23-17(26)9-24(2)8-16(25)22-14-7-12(19)11(18)6-13(14)20/h3-7H,8-9H2,1-2H3,(H,22,25)(H,21,23,26). The predicted molar refractivity (Wildman–Crippen MR) is 105 cm³/mol. The Morgan fingerprint density at radius 3 is 2.27 bits per heavy atom. The van der Waals surface area contributed by atoms with E-state index in [1.807, 2.05) is 13.0 Å². The van der Waals surface area contributed by atoms with Crippen LogP contribution in [-0.4, -0.2) is 41.8 Å². The summed E-state index contributed by atoms with van der Waals surface area (Å²) in [5.41, 5.74) is 1.15. The van der Waals surface area contributed by atoms with Crippen LogP contribution in [0.4, 0.5) is 11.5 Å². The molecule has 0 atom stereocenters. The molecule has 0 aliphatic heterocycles. The van der Waals surface area contributed by atoms with Crippen molar-refractivity contribution < 1.29 is 9.59 Å². The van der Waals surface area contributed by atoms with Crippen molar-refractivity contribution in [3.05, 3.63) is 51.1 Å². The molecule has 0 unspecified atom stereocenters. The first-order chi connectivity index (χ1) is 12.2. The molecule has 6 nitrogen and oxygen atoms in total. The quantitative estimate of drug-likeness (QED) is 0.703. The summed E-state index contributed by atoms with van der Waals surface area (Å²) >= 11 is 17.8. The molecule has 1 aromatic carbocycles. The van der Waals surface area contributed by atoms with Gasteiger partial charge >= 0.3 is 0 Å². The zero-order chi connectivity index (χ0) is 19.3. The maximum absolute atomic E-state index is 12.1. The maximum Gasteiger partial charge on any atom is 0.239 e. The van der Waals surface area contributed by atoms with E-state index in [-0.39, 0.29) is 34.9 Å². The molecule has 0 saturated heterocycles. The molecule has 0 bridgehead atoms. The van der Waals surface area contributed by atoms with E-state index in [1.165, 1.54) is 12.1 Å². The van der Waals surface area contributed by atoms with Crippen LogP contribution in [0.25, 0.3) is 0 Å². The third kappa shape index (κ3) is 6.14. The number of amides is 2. The molecule has 0 saturated carbocycles. The summed E-state index contributed by atoms with van der Waals surface area (Å²) in [7, 11) is 1.65. The van der Waals surface area contributed by atoms with Crippen LogP contribution in [0.5, 0.6) is 0 Å². The van der Waals surface area contributed by atoms with Gasteiger partial charge in [0.25, 0.3) is 0 Å². The van der Waals surface area contributed by atoms with E-state index < -0.39 is 0 Å². The number of nitrogens with one attached hydrogen (secondary N) is 2. The highest BCUT2D eigenvalue weighted by Crippen LogP contribution is 2.32. The molecule has 2 amide bonds. The van der Waals surface area contributed by atoms with Crippen LogP contribution in [0.15, 0.2) is 30.3 Å². The summed E-state index contributed by atoms with van der Waals surface area (Å²) in [5.74, 6) is -0.143. The molecule has 9 heteroatoms. The molecule has 1 aromatic heterocycles. The minimum atomic E-state index is -0.339. The normalized spacial score (nSPS) is 10.7. The van der Waals surface area contributed by atoms with Gasteiger partial charge in [0.1, 0.15) is 5.82 Å². The Bertz CT molecular complexity index is 830. The highest BCUT2D eigenvalue weighted by Gasteiger charge is 2.14. The van der Waals surface area contributed by atoms with Crippen LogP contribution in [-0.2, 0) is 9.59 Å². The zero-order valence-corrected chi connectivity index (χ0v) is 16.4. The number of hydrogen-bond donors (Lipinski definition) is 2. The summed E-state index contributed by atoms with van der Waals surface area (Å²) in [6.45, 7) is 1.85. The second kappa shape index (κ2) is 9.19. The first-order valence-corrected chi connectivity index (χ1v) is 8.74. The van der Waals surface area contributed by atoms with Gasteiger partial charge in [-0.2, -0.15) is 0 Å². The van der Waals surface area contributed by atoms with Crippen molar-refractivity contribution in [1.29, 1.82) is 0 Å². The number of pyridine rings is 1. The Labute approximate surface area is 166 Å². The Hall–Kier alpha value is -1.86. The number of rotatable bonds is 6. The number of carbonyl (C=O) groups is 2. The highest BCUT2D eigenvalue weighted by molar-refractivity contribution is 6.44. The molecule has 0 aliphatic carbocycles. The third-order valence-corrected chi connectivity index (χ3v) is 4.30. The minimum Gasteiger partial charge on any atom is -0.324 e. The second-order valence-corrected chi connectivity index (χ2v) is 6.90. The van der Waals surface area contributed by atoms with E-state index in [0.29, 0.717) is 16.5 Å². The van der Waals surface area contributed by atoms with Crippen molar-refractivity contribution in [3.63, 3.8) is 0 Å². The summed E-state index contributed by atoms with van der Waals surface area (Å²) in [6, 6.07) is 8.26. The lowest BCUT2D eigenvalue weighted by Crippen LogP contribution is -2.36. The average Bonchev–Trinajstić information content (AvgIpc) is 2.52. The van der Waals surface area contributed by atoms with Crippen LogP contribution in [0.1, 0.15) is 5.69 Å². The summed E-state index contributed by atoms with van der Waals surface area (Å²) in [4.78, 5) is 29.9. The van der Waals surface area contributed by atoms with Gasteiger partial charge in [0.2, 0.25) is 11.8 Å². The molecule has 0 spiro atoms. The third-order valence-electron chi connectivity index (χ3n) is 3.27. The van der Waals surface area contributed by atoms with Gasteiger partial charge in [0.15, 0.2) is 0 Å². The van der Waals surface area contributed by atoms with Gasteiger partial charge in [-0.25, -0.2) is 4.98 Å². The van der Waals surface area contributed by atoms with Crippen LogP contribution in [0.2, 0.25) is 15.1 Å². The van der Waals surface area contributed by atoms with Crippen molar-refractivity contribution in [2.75, 3.05) is 30.8 Å². The van der Waals surface area contributed by atoms with Crippen molar-refractivity contribution in [3.8, 4) is 0 Å².